The van der Waals surface area contributed by atoms with Crippen LogP contribution in [0.1, 0.15) is 29.0 Å². The van der Waals surface area contributed by atoms with Crippen molar-refractivity contribution >= 4 is 11.7 Å². The Bertz CT molecular complexity index is 1000. The number of carbonyl (C=O) groups is 1. The van der Waals surface area contributed by atoms with Gasteiger partial charge in [-0.1, -0.05) is 6.07 Å². The molecule has 27 heavy (non-hydrogen) atoms. The maximum absolute atomic E-state index is 12.4. The first-order valence-corrected chi connectivity index (χ1v) is 8.92. The van der Waals surface area contributed by atoms with E-state index in [1.807, 2.05) is 41.2 Å². The summed E-state index contributed by atoms with van der Waals surface area (Å²) in [5, 5.41) is 7.50. The molecule has 3 aromatic rings. The van der Waals surface area contributed by atoms with E-state index in [-0.39, 0.29) is 11.8 Å². The van der Waals surface area contributed by atoms with Crippen molar-refractivity contribution in [2.75, 3.05) is 18.5 Å². The van der Waals surface area contributed by atoms with E-state index in [9.17, 15) is 4.79 Å². The number of hydrogen-bond donors (Lipinski definition) is 1. The molecule has 0 unspecified atom stereocenters. The third kappa shape index (κ3) is 2.91. The van der Waals surface area contributed by atoms with Gasteiger partial charge in [-0.3, -0.25) is 9.78 Å². The fourth-order valence-electron chi connectivity index (χ4n) is 3.63. The zero-order valence-corrected chi connectivity index (χ0v) is 14.6. The predicted octanol–water partition coefficient (Wildman–Crippen LogP) is 2.57. The lowest BCUT2D eigenvalue weighted by Crippen LogP contribution is -2.25. The van der Waals surface area contributed by atoms with Crippen molar-refractivity contribution in [3.63, 3.8) is 0 Å². The number of nitrogens with one attached hydrogen (secondary N) is 1. The summed E-state index contributed by atoms with van der Waals surface area (Å²) >= 11 is 0. The first-order valence-electron chi connectivity index (χ1n) is 8.92. The maximum atomic E-state index is 12.4. The summed E-state index contributed by atoms with van der Waals surface area (Å²) in [6, 6.07) is 9.77. The van der Waals surface area contributed by atoms with E-state index in [0.717, 1.165) is 34.0 Å². The van der Waals surface area contributed by atoms with Gasteiger partial charge in [0.1, 0.15) is 19.0 Å². The molecule has 0 spiro atoms. The molecule has 0 bridgehead atoms. The quantitative estimate of drug-likeness (QED) is 0.775. The topological polar surface area (TPSA) is 78.3 Å². The number of ether oxygens (including phenoxy) is 2. The second-order valence-electron chi connectivity index (χ2n) is 6.67. The number of nitrogens with zero attached hydrogens (tertiary/aromatic N) is 3. The Morgan fingerprint density at radius 3 is 2.78 bits per heavy atom. The van der Waals surface area contributed by atoms with Gasteiger partial charge in [0, 0.05) is 30.3 Å². The molecule has 2 aliphatic rings. The number of anilines is 1. The molecule has 0 saturated carbocycles. The molecule has 1 aromatic carbocycles. The second-order valence-corrected chi connectivity index (χ2v) is 6.67. The minimum absolute atomic E-state index is 0.0149. The molecule has 2 aromatic heterocycles. The molecular formula is C20H18N4O3. The molecule has 0 fully saturated rings. The number of fused-ring (bicyclic) bond motifs is 2. The molecule has 7 heteroatoms. The average molecular weight is 362 g/mol. The SMILES string of the molecule is O=C1C[C@H](c2ccc3c(c2)OCCO3)c2cnn(Cc3ccncc3)c2N1. The van der Waals surface area contributed by atoms with E-state index in [1.54, 1.807) is 12.4 Å². The van der Waals surface area contributed by atoms with Crippen molar-refractivity contribution in [3.8, 4) is 11.5 Å². The number of rotatable bonds is 3. The maximum Gasteiger partial charge on any atom is 0.226 e. The molecule has 0 saturated heterocycles. The van der Waals surface area contributed by atoms with Crippen molar-refractivity contribution < 1.29 is 14.3 Å². The third-order valence-corrected chi connectivity index (χ3v) is 4.94. The zero-order valence-electron chi connectivity index (χ0n) is 14.6. The highest BCUT2D eigenvalue weighted by Crippen LogP contribution is 2.40. The summed E-state index contributed by atoms with van der Waals surface area (Å²) in [4.78, 5) is 16.4. The van der Waals surface area contributed by atoms with Crippen LogP contribution in [0.2, 0.25) is 0 Å². The van der Waals surface area contributed by atoms with Crippen molar-refractivity contribution in [2.45, 2.75) is 18.9 Å². The molecule has 0 radical (unpaired) electrons. The Morgan fingerprint density at radius 1 is 1.11 bits per heavy atom. The molecule has 5 rings (SSSR count). The summed E-state index contributed by atoms with van der Waals surface area (Å²) in [5.41, 5.74) is 3.12. The summed E-state index contributed by atoms with van der Waals surface area (Å²) in [6.07, 6.45) is 5.73. The summed E-state index contributed by atoms with van der Waals surface area (Å²) < 4.78 is 13.1. The molecule has 0 aliphatic carbocycles. The van der Waals surface area contributed by atoms with Crippen LogP contribution in [0.25, 0.3) is 0 Å². The van der Waals surface area contributed by atoms with Crippen LogP contribution in [0, 0.1) is 0 Å². The molecule has 1 amide bonds. The van der Waals surface area contributed by atoms with Crippen LogP contribution in [0.5, 0.6) is 11.5 Å². The van der Waals surface area contributed by atoms with Gasteiger partial charge in [0.25, 0.3) is 0 Å². The Morgan fingerprint density at radius 2 is 1.93 bits per heavy atom. The lowest BCUT2D eigenvalue weighted by atomic mass is 9.87. The summed E-state index contributed by atoms with van der Waals surface area (Å²) in [6.45, 7) is 1.67. The minimum Gasteiger partial charge on any atom is -0.486 e. The van der Waals surface area contributed by atoms with E-state index < -0.39 is 0 Å². The largest absolute Gasteiger partial charge is 0.486 e. The number of pyridine rings is 1. The molecule has 4 heterocycles. The van der Waals surface area contributed by atoms with Gasteiger partial charge in [-0.2, -0.15) is 5.10 Å². The van der Waals surface area contributed by atoms with Crippen molar-refractivity contribution in [1.29, 1.82) is 0 Å². The van der Waals surface area contributed by atoms with Crippen LogP contribution >= 0.6 is 0 Å². The van der Waals surface area contributed by atoms with Crippen LogP contribution in [0.15, 0.2) is 48.9 Å². The lowest BCUT2D eigenvalue weighted by Gasteiger charge is -2.25. The van der Waals surface area contributed by atoms with Crippen LogP contribution in [0.4, 0.5) is 5.82 Å². The fraction of sp³-hybridized carbons (Fsp3) is 0.250. The number of amides is 1. The normalized spacial score (nSPS) is 17.9. The van der Waals surface area contributed by atoms with Crippen molar-refractivity contribution in [1.82, 2.24) is 14.8 Å². The van der Waals surface area contributed by atoms with Crippen LogP contribution in [-0.4, -0.2) is 33.9 Å². The van der Waals surface area contributed by atoms with Gasteiger partial charge < -0.3 is 14.8 Å². The van der Waals surface area contributed by atoms with Gasteiger partial charge in [-0.15, -0.1) is 0 Å². The van der Waals surface area contributed by atoms with Crippen molar-refractivity contribution in [2.24, 2.45) is 0 Å². The Hall–Kier alpha value is -3.35. The van der Waals surface area contributed by atoms with Gasteiger partial charge in [0.05, 0.1) is 12.7 Å². The van der Waals surface area contributed by atoms with Gasteiger partial charge in [0.2, 0.25) is 5.91 Å². The van der Waals surface area contributed by atoms with Crippen LogP contribution in [-0.2, 0) is 11.3 Å². The van der Waals surface area contributed by atoms with Gasteiger partial charge in [0.15, 0.2) is 11.5 Å². The molecule has 1 atom stereocenters. The smallest absolute Gasteiger partial charge is 0.226 e. The molecule has 1 N–H and O–H groups in total. The van der Waals surface area contributed by atoms with E-state index >= 15 is 0 Å². The summed E-state index contributed by atoms with van der Waals surface area (Å²) in [7, 11) is 0. The Balaban J connectivity index is 1.51. The Kier molecular flexibility index (Phi) is 3.78. The van der Waals surface area contributed by atoms with E-state index in [0.29, 0.717) is 26.2 Å². The van der Waals surface area contributed by atoms with Crippen molar-refractivity contribution in [3.05, 3.63) is 65.6 Å². The highest BCUT2D eigenvalue weighted by Gasteiger charge is 2.30. The number of carbonyl (C=O) groups excluding carboxylic acids is 1. The van der Waals surface area contributed by atoms with Crippen LogP contribution < -0.4 is 14.8 Å². The zero-order chi connectivity index (χ0) is 18.2. The third-order valence-electron chi connectivity index (χ3n) is 4.94. The molecule has 2 aliphatic heterocycles. The van der Waals surface area contributed by atoms with Gasteiger partial charge in [-0.25, -0.2) is 4.68 Å². The standard InChI is InChI=1S/C20H18N4O3/c25-19-10-15(14-1-2-17-18(9-14)27-8-7-26-17)16-11-22-24(20(16)23-19)12-13-3-5-21-6-4-13/h1-6,9,11,15H,7-8,10,12H2,(H,23,25)/t15-/m1/s1. The average Bonchev–Trinajstić information content (AvgIpc) is 3.10. The van der Waals surface area contributed by atoms with E-state index in [1.165, 1.54) is 0 Å². The van der Waals surface area contributed by atoms with Gasteiger partial charge in [-0.05, 0) is 35.4 Å². The predicted molar refractivity (Wildman–Crippen MR) is 98.1 cm³/mol. The first kappa shape index (κ1) is 15.9. The number of aromatic nitrogens is 3. The van der Waals surface area contributed by atoms with Gasteiger partial charge >= 0.3 is 0 Å². The minimum atomic E-state index is -0.0595. The fourth-order valence-corrected chi connectivity index (χ4v) is 3.63. The number of benzene rings is 1. The highest BCUT2D eigenvalue weighted by atomic mass is 16.6. The molecule has 7 nitrogen and oxygen atoms in total. The lowest BCUT2D eigenvalue weighted by molar-refractivity contribution is -0.116. The Labute approximate surface area is 155 Å². The monoisotopic (exact) mass is 362 g/mol. The van der Waals surface area contributed by atoms with E-state index in [2.05, 4.69) is 15.4 Å². The number of hydrogen-bond acceptors (Lipinski definition) is 5. The first-order chi connectivity index (χ1) is 13.3. The highest BCUT2D eigenvalue weighted by molar-refractivity contribution is 5.94. The summed E-state index contributed by atoms with van der Waals surface area (Å²) in [5.74, 6) is 2.16. The van der Waals surface area contributed by atoms with E-state index in [4.69, 9.17) is 9.47 Å². The second kappa shape index (κ2) is 6.42. The molecule has 136 valence electrons. The molecular weight excluding hydrogens is 344 g/mol. The van der Waals surface area contributed by atoms with Crippen LogP contribution in [0.3, 0.4) is 0 Å².